The van der Waals surface area contributed by atoms with E-state index in [-0.39, 0.29) is 6.04 Å². The molecule has 0 aliphatic heterocycles. The van der Waals surface area contributed by atoms with Gasteiger partial charge in [0.2, 0.25) is 0 Å². The summed E-state index contributed by atoms with van der Waals surface area (Å²) >= 11 is 0. The number of aliphatic hydroxyl groups is 1. The summed E-state index contributed by atoms with van der Waals surface area (Å²) in [5.41, 5.74) is 4.83. The molecule has 0 bridgehead atoms. The maximum Gasteiger partial charge on any atom is 0.119 e. The molecule has 0 saturated carbocycles. The number of nitrogens with one attached hydrogen (secondary N) is 1. The van der Waals surface area contributed by atoms with E-state index in [1.807, 2.05) is 36.4 Å². The number of rotatable bonds is 13. The molecule has 0 heterocycles. The number of hydrogen-bond acceptors (Lipinski definition) is 4. The maximum atomic E-state index is 11.5. The molecule has 2 N–H and O–H groups in total. The second-order valence-corrected chi connectivity index (χ2v) is 9.18. The van der Waals surface area contributed by atoms with Gasteiger partial charge in [-0.15, -0.1) is 0 Å². The first-order valence-corrected chi connectivity index (χ1v) is 12.6. The smallest absolute Gasteiger partial charge is 0.119 e. The molecule has 0 saturated heterocycles. The van der Waals surface area contributed by atoms with E-state index in [0.29, 0.717) is 13.1 Å². The standard InChI is InChI=1S/C32H36N2O2/c1-36-30-19-11-18-29(20-30)22-33-23-32(35)31(21-26-12-5-2-6-13-26)34(24-27-14-7-3-8-15-27)25-28-16-9-4-10-17-28/h2-20,31-33,35H,21-25H2,1H3/t31-,32-/m0/s1. The van der Waals surface area contributed by atoms with Crippen LogP contribution in [-0.2, 0) is 26.1 Å². The SMILES string of the molecule is COc1cccc(CNC[C@H](O)[C@H](Cc2ccccc2)N(Cc2ccccc2)Cc2ccccc2)c1. The van der Waals surface area contributed by atoms with Crippen molar-refractivity contribution in [2.24, 2.45) is 0 Å². The van der Waals surface area contributed by atoms with Crippen LogP contribution in [0.3, 0.4) is 0 Å². The highest BCUT2D eigenvalue weighted by molar-refractivity contribution is 5.28. The molecule has 0 aliphatic rings. The van der Waals surface area contributed by atoms with Crippen LogP contribution in [0.25, 0.3) is 0 Å². The Morgan fingerprint density at radius 1 is 0.694 bits per heavy atom. The number of methoxy groups -OCH3 is 1. The zero-order chi connectivity index (χ0) is 25.0. The van der Waals surface area contributed by atoms with Crippen molar-refractivity contribution in [2.45, 2.75) is 38.2 Å². The van der Waals surface area contributed by atoms with E-state index in [0.717, 1.165) is 30.8 Å². The van der Waals surface area contributed by atoms with Gasteiger partial charge in [0.25, 0.3) is 0 Å². The highest BCUT2D eigenvalue weighted by atomic mass is 16.5. The molecule has 0 unspecified atom stereocenters. The van der Waals surface area contributed by atoms with Crippen molar-refractivity contribution >= 4 is 0 Å². The molecule has 0 aliphatic carbocycles. The Balaban J connectivity index is 1.54. The molecule has 0 fully saturated rings. The first-order chi connectivity index (χ1) is 17.7. The molecule has 36 heavy (non-hydrogen) atoms. The minimum Gasteiger partial charge on any atom is -0.497 e. The predicted octanol–water partition coefficient (Wildman–Crippen LogP) is 5.46. The highest BCUT2D eigenvalue weighted by Crippen LogP contribution is 2.20. The van der Waals surface area contributed by atoms with Crippen molar-refractivity contribution in [3.05, 3.63) is 138 Å². The van der Waals surface area contributed by atoms with Gasteiger partial charge in [-0.2, -0.15) is 0 Å². The van der Waals surface area contributed by atoms with Gasteiger partial charge in [-0.1, -0.05) is 103 Å². The van der Waals surface area contributed by atoms with Gasteiger partial charge in [-0.05, 0) is 40.8 Å². The van der Waals surface area contributed by atoms with E-state index in [1.165, 1.54) is 16.7 Å². The van der Waals surface area contributed by atoms with Gasteiger partial charge < -0.3 is 15.2 Å². The summed E-state index contributed by atoms with van der Waals surface area (Å²) < 4.78 is 5.35. The number of hydrogen-bond donors (Lipinski definition) is 2. The van der Waals surface area contributed by atoms with Crippen molar-refractivity contribution in [1.82, 2.24) is 10.2 Å². The van der Waals surface area contributed by atoms with Crippen molar-refractivity contribution in [2.75, 3.05) is 13.7 Å². The Bertz CT molecular complexity index is 1110. The van der Waals surface area contributed by atoms with Crippen LogP contribution in [0.2, 0.25) is 0 Å². The molecule has 2 atom stereocenters. The number of benzene rings is 4. The summed E-state index contributed by atoms with van der Waals surface area (Å²) in [6.45, 7) is 2.69. The molecule has 186 valence electrons. The molecule has 4 aromatic carbocycles. The summed E-state index contributed by atoms with van der Waals surface area (Å²) in [5.74, 6) is 0.841. The topological polar surface area (TPSA) is 44.7 Å². The first-order valence-electron chi connectivity index (χ1n) is 12.6. The Kier molecular flexibility index (Phi) is 9.69. The van der Waals surface area contributed by atoms with Gasteiger partial charge in [0.1, 0.15) is 5.75 Å². The van der Waals surface area contributed by atoms with Crippen LogP contribution in [0.5, 0.6) is 5.75 Å². The fourth-order valence-electron chi connectivity index (χ4n) is 4.57. The van der Waals surface area contributed by atoms with E-state index >= 15 is 0 Å². The van der Waals surface area contributed by atoms with E-state index < -0.39 is 6.10 Å². The van der Waals surface area contributed by atoms with Crippen LogP contribution in [0, 0.1) is 0 Å². The molecular formula is C32H36N2O2. The van der Waals surface area contributed by atoms with E-state index in [4.69, 9.17) is 4.74 Å². The Morgan fingerprint density at radius 2 is 1.22 bits per heavy atom. The summed E-state index contributed by atoms with van der Waals surface area (Å²) in [4.78, 5) is 2.41. The zero-order valence-corrected chi connectivity index (χ0v) is 21.0. The monoisotopic (exact) mass is 480 g/mol. The van der Waals surface area contributed by atoms with Crippen LogP contribution >= 0.6 is 0 Å². The highest BCUT2D eigenvalue weighted by Gasteiger charge is 2.27. The van der Waals surface area contributed by atoms with Crippen LogP contribution in [0.4, 0.5) is 0 Å². The number of nitrogens with zero attached hydrogens (tertiary/aromatic N) is 1. The largest absolute Gasteiger partial charge is 0.497 e. The second-order valence-electron chi connectivity index (χ2n) is 9.18. The van der Waals surface area contributed by atoms with Crippen molar-refractivity contribution in [3.63, 3.8) is 0 Å². The fourth-order valence-corrected chi connectivity index (χ4v) is 4.57. The minimum atomic E-state index is -0.553. The lowest BCUT2D eigenvalue weighted by Crippen LogP contribution is -2.48. The number of aliphatic hydroxyl groups excluding tert-OH is 1. The fraction of sp³-hybridized carbons (Fsp3) is 0.250. The van der Waals surface area contributed by atoms with E-state index in [2.05, 4.69) is 89.1 Å². The van der Waals surface area contributed by atoms with Crippen LogP contribution in [0.1, 0.15) is 22.3 Å². The summed E-state index contributed by atoms with van der Waals surface area (Å²) in [6.07, 6.45) is 0.214. The van der Waals surface area contributed by atoms with Crippen LogP contribution < -0.4 is 10.1 Å². The van der Waals surface area contributed by atoms with Gasteiger partial charge >= 0.3 is 0 Å². The molecular weight excluding hydrogens is 444 g/mol. The number of ether oxygens (including phenoxy) is 1. The quantitative estimate of drug-likeness (QED) is 0.267. The lowest BCUT2D eigenvalue weighted by atomic mass is 9.97. The van der Waals surface area contributed by atoms with Gasteiger partial charge in [-0.3, -0.25) is 4.90 Å². The summed E-state index contributed by atoms with van der Waals surface area (Å²) in [6, 6.07) is 39.5. The Hall–Kier alpha value is -3.44. The first kappa shape index (κ1) is 25.6. The van der Waals surface area contributed by atoms with Crippen LogP contribution in [0.15, 0.2) is 115 Å². The normalized spacial score (nSPS) is 12.9. The molecule has 0 spiro atoms. The molecule has 4 rings (SSSR count). The van der Waals surface area contributed by atoms with E-state index in [1.54, 1.807) is 7.11 Å². The second kappa shape index (κ2) is 13.6. The van der Waals surface area contributed by atoms with Crippen LogP contribution in [-0.4, -0.2) is 35.8 Å². The molecule has 0 amide bonds. The van der Waals surface area contributed by atoms with Gasteiger partial charge in [0.05, 0.1) is 13.2 Å². The lowest BCUT2D eigenvalue weighted by molar-refractivity contribution is 0.0392. The van der Waals surface area contributed by atoms with Gasteiger partial charge in [0.15, 0.2) is 0 Å². The van der Waals surface area contributed by atoms with Gasteiger partial charge in [-0.25, -0.2) is 0 Å². The molecule has 0 aromatic heterocycles. The Labute approximate surface area is 215 Å². The third-order valence-electron chi connectivity index (χ3n) is 6.47. The zero-order valence-electron chi connectivity index (χ0n) is 21.0. The average Bonchev–Trinajstić information content (AvgIpc) is 2.93. The lowest BCUT2D eigenvalue weighted by Gasteiger charge is -2.35. The molecule has 0 radical (unpaired) electrons. The average molecular weight is 481 g/mol. The minimum absolute atomic E-state index is 0.0642. The molecule has 4 nitrogen and oxygen atoms in total. The summed E-state index contributed by atoms with van der Waals surface area (Å²) in [7, 11) is 1.68. The summed E-state index contributed by atoms with van der Waals surface area (Å²) in [5, 5.41) is 15.0. The Morgan fingerprint density at radius 3 is 1.78 bits per heavy atom. The van der Waals surface area contributed by atoms with Crippen molar-refractivity contribution < 1.29 is 9.84 Å². The van der Waals surface area contributed by atoms with E-state index in [9.17, 15) is 5.11 Å². The van der Waals surface area contributed by atoms with Crippen molar-refractivity contribution in [3.8, 4) is 5.75 Å². The van der Waals surface area contributed by atoms with Crippen molar-refractivity contribution in [1.29, 1.82) is 0 Å². The molecule has 4 heteroatoms. The van der Waals surface area contributed by atoms with Gasteiger partial charge in [0, 0.05) is 32.2 Å². The third kappa shape index (κ3) is 7.79. The predicted molar refractivity (Wildman–Crippen MR) is 147 cm³/mol. The molecule has 4 aromatic rings. The maximum absolute atomic E-state index is 11.5. The third-order valence-corrected chi connectivity index (χ3v) is 6.47.